The number of hydrogen-bond donors (Lipinski definition) is 1. The van der Waals surface area contributed by atoms with Crippen LogP contribution in [0.3, 0.4) is 0 Å². The molecule has 2 unspecified atom stereocenters. The first-order valence-corrected chi connectivity index (χ1v) is 11.7. The Bertz CT molecular complexity index is 912. The molecule has 0 aliphatic carbocycles. The number of thioether (sulfide) groups is 1. The van der Waals surface area contributed by atoms with Gasteiger partial charge in [-0.05, 0) is 24.1 Å². The Balaban J connectivity index is 1.99. The fraction of sp³-hybridized carbons (Fsp3) is 0.417. The average Bonchev–Trinajstić information content (AvgIpc) is 3.28. The van der Waals surface area contributed by atoms with Crippen LogP contribution in [0.1, 0.15) is 41.1 Å². The second-order valence-electron chi connectivity index (χ2n) is 7.38. The molecule has 1 N–H and O–H groups in total. The van der Waals surface area contributed by atoms with Crippen LogP contribution >= 0.6 is 11.8 Å². The summed E-state index contributed by atoms with van der Waals surface area (Å²) in [6, 6.07) is 12.4. The number of ether oxygens (including phenoxy) is 3. The Hall–Kier alpha value is -2.87. The molecule has 172 valence electrons. The second-order valence-corrected chi connectivity index (χ2v) is 8.50. The van der Waals surface area contributed by atoms with Crippen LogP contribution in [0.25, 0.3) is 0 Å². The van der Waals surface area contributed by atoms with E-state index in [1.54, 1.807) is 28.8 Å². The van der Waals surface area contributed by atoms with Crippen LogP contribution in [0.4, 0.5) is 0 Å². The maximum Gasteiger partial charge on any atom is 0.256 e. The summed E-state index contributed by atoms with van der Waals surface area (Å²) in [4.78, 5) is 28.5. The van der Waals surface area contributed by atoms with Crippen LogP contribution < -0.4 is 19.5 Å². The number of unbranched alkanes of at least 4 members (excludes halogenated alkanes) is 1. The molecule has 0 saturated carbocycles. The van der Waals surface area contributed by atoms with E-state index in [1.807, 2.05) is 30.3 Å². The van der Waals surface area contributed by atoms with E-state index in [-0.39, 0.29) is 17.2 Å². The molecule has 2 atom stereocenters. The van der Waals surface area contributed by atoms with Crippen molar-refractivity contribution in [2.75, 3.05) is 33.6 Å². The number of amides is 2. The lowest BCUT2D eigenvalue weighted by Crippen LogP contribution is -2.48. The van der Waals surface area contributed by atoms with E-state index < -0.39 is 6.04 Å². The molecule has 1 aliphatic heterocycles. The third-order valence-corrected chi connectivity index (χ3v) is 6.69. The van der Waals surface area contributed by atoms with E-state index in [9.17, 15) is 9.59 Å². The summed E-state index contributed by atoms with van der Waals surface area (Å²) in [7, 11) is 4.53. The molecule has 2 amide bonds. The fourth-order valence-corrected chi connectivity index (χ4v) is 5.12. The zero-order valence-corrected chi connectivity index (χ0v) is 19.7. The highest BCUT2D eigenvalue weighted by Crippen LogP contribution is 2.44. The Morgan fingerprint density at radius 2 is 1.72 bits per heavy atom. The van der Waals surface area contributed by atoms with E-state index in [2.05, 4.69) is 12.2 Å². The van der Waals surface area contributed by atoms with E-state index in [1.165, 1.54) is 21.3 Å². The van der Waals surface area contributed by atoms with Crippen LogP contribution in [0.15, 0.2) is 42.5 Å². The van der Waals surface area contributed by atoms with Gasteiger partial charge in [0, 0.05) is 17.9 Å². The van der Waals surface area contributed by atoms with Gasteiger partial charge in [-0.25, -0.2) is 0 Å². The number of nitrogens with zero attached hydrogens (tertiary/aromatic N) is 1. The van der Waals surface area contributed by atoms with Crippen LogP contribution in [-0.4, -0.2) is 56.4 Å². The number of methoxy groups -OCH3 is 3. The molecule has 1 aliphatic rings. The van der Waals surface area contributed by atoms with Gasteiger partial charge < -0.3 is 24.4 Å². The standard InChI is InChI=1S/C24H30N2O5S/c1-5-6-12-25-22(27)18-15-32-24(16-10-8-7-9-11-16)26(18)23(28)17-13-19(29-2)21(31-4)20(14-17)30-3/h7-11,13-14,18,24H,5-6,12,15H2,1-4H3,(H,25,27). The van der Waals surface area contributed by atoms with Gasteiger partial charge in [-0.2, -0.15) is 0 Å². The van der Waals surface area contributed by atoms with Gasteiger partial charge in [-0.1, -0.05) is 43.7 Å². The molecule has 0 aromatic heterocycles. The Morgan fingerprint density at radius 3 is 2.28 bits per heavy atom. The molecule has 32 heavy (non-hydrogen) atoms. The van der Waals surface area contributed by atoms with Gasteiger partial charge in [-0.15, -0.1) is 11.8 Å². The summed E-state index contributed by atoms with van der Waals surface area (Å²) in [5.41, 5.74) is 1.34. The predicted octanol–water partition coefficient (Wildman–Crippen LogP) is 3.89. The summed E-state index contributed by atoms with van der Waals surface area (Å²) < 4.78 is 16.2. The zero-order chi connectivity index (χ0) is 23.1. The molecule has 8 heteroatoms. The summed E-state index contributed by atoms with van der Waals surface area (Å²) in [6.45, 7) is 2.67. The molecule has 2 aromatic carbocycles. The minimum Gasteiger partial charge on any atom is -0.493 e. The van der Waals surface area contributed by atoms with Crippen molar-refractivity contribution in [1.29, 1.82) is 0 Å². The first-order valence-electron chi connectivity index (χ1n) is 10.6. The molecular weight excluding hydrogens is 428 g/mol. The molecule has 0 bridgehead atoms. The zero-order valence-electron chi connectivity index (χ0n) is 18.9. The second kappa shape index (κ2) is 11.1. The highest BCUT2D eigenvalue weighted by atomic mass is 32.2. The van der Waals surface area contributed by atoms with Crippen molar-refractivity contribution < 1.29 is 23.8 Å². The predicted molar refractivity (Wildman–Crippen MR) is 126 cm³/mol. The van der Waals surface area contributed by atoms with Crippen LogP contribution in [0, 0.1) is 0 Å². The number of benzene rings is 2. The summed E-state index contributed by atoms with van der Waals surface area (Å²) >= 11 is 1.59. The van der Waals surface area contributed by atoms with Crippen LogP contribution in [-0.2, 0) is 4.79 Å². The Morgan fingerprint density at radius 1 is 1.06 bits per heavy atom. The number of carbonyl (C=O) groups is 2. The minimum absolute atomic E-state index is 0.134. The van der Waals surface area contributed by atoms with Gasteiger partial charge >= 0.3 is 0 Å². The quantitative estimate of drug-likeness (QED) is 0.575. The molecule has 2 aromatic rings. The lowest BCUT2D eigenvalue weighted by molar-refractivity contribution is -0.124. The lowest BCUT2D eigenvalue weighted by atomic mass is 10.1. The molecule has 1 heterocycles. The van der Waals surface area contributed by atoms with E-state index >= 15 is 0 Å². The molecule has 1 saturated heterocycles. The molecule has 3 rings (SSSR count). The van der Waals surface area contributed by atoms with Gasteiger partial charge in [0.15, 0.2) is 11.5 Å². The summed E-state index contributed by atoms with van der Waals surface area (Å²) in [5.74, 6) is 1.32. The molecule has 1 fully saturated rings. The van der Waals surface area contributed by atoms with Gasteiger partial charge in [0.25, 0.3) is 5.91 Å². The molecular formula is C24H30N2O5S. The topological polar surface area (TPSA) is 77.1 Å². The van der Waals surface area contributed by atoms with E-state index in [0.29, 0.717) is 35.1 Å². The fourth-order valence-electron chi connectivity index (χ4n) is 3.69. The summed E-state index contributed by atoms with van der Waals surface area (Å²) in [5, 5.41) is 2.71. The highest BCUT2D eigenvalue weighted by Gasteiger charge is 2.42. The third-order valence-electron chi connectivity index (χ3n) is 5.36. The maximum atomic E-state index is 13.8. The average molecular weight is 459 g/mol. The van der Waals surface area contributed by atoms with Crippen molar-refractivity contribution in [2.45, 2.75) is 31.2 Å². The van der Waals surface area contributed by atoms with Crippen molar-refractivity contribution in [2.24, 2.45) is 0 Å². The smallest absolute Gasteiger partial charge is 0.256 e. The number of hydrogen-bond acceptors (Lipinski definition) is 6. The van der Waals surface area contributed by atoms with Crippen molar-refractivity contribution in [3.8, 4) is 17.2 Å². The van der Waals surface area contributed by atoms with Gasteiger partial charge in [0.05, 0.1) is 21.3 Å². The van der Waals surface area contributed by atoms with Crippen molar-refractivity contribution in [1.82, 2.24) is 10.2 Å². The van der Waals surface area contributed by atoms with Crippen molar-refractivity contribution in [3.63, 3.8) is 0 Å². The SMILES string of the molecule is CCCCNC(=O)C1CSC(c2ccccc2)N1C(=O)c1cc(OC)c(OC)c(OC)c1. The first-order chi connectivity index (χ1) is 15.5. The van der Waals surface area contributed by atoms with Gasteiger partial charge in [0.1, 0.15) is 11.4 Å². The maximum absolute atomic E-state index is 13.8. The Labute approximate surface area is 193 Å². The number of rotatable bonds is 9. The van der Waals surface area contributed by atoms with Crippen LogP contribution in [0.5, 0.6) is 17.2 Å². The molecule has 0 spiro atoms. The van der Waals surface area contributed by atoms with E-state index in [0.717, 1.165) is 18.4 Å². The lowest BCUT2D eigenvalue weighted by Gasteiger charge is -2.29. The van der Waals surface area contributed by atoms with Crippen molar-refractivity contribution >= 4 is 23.6 Å². The minimum atomic E-state index is -0.575. The van der Waals surface area contributed by atoms with Gasteiger partial charge in [-0.3, -0.25) is 9.59 Å². The van der Waals surface area contributed by atoms with Crippen molar-refractivity contribution in [3.05, 3.63) is 53.6 Å². The largest absolute Gasteiger partial charge is 0.493 e. The third kappa shape index (κ3) is 4.96. The number of carbonyl (C=O) groups excluding carboxylic acids is 2. The van der Waals surface area contributed by atoms with Crippen LogP contribution in [0.2, 0.25) is 0 Å². The highest BCUT2D eigenvalue weighted by molar-refractivity contribution is 7.99. The normalized spacial score (nSPS) is 17.7. The summed E-state index contributed by atoms with van der Waals surface area (Å²) in [6.07, 6.45) is 1.88. The monoisotopic (exact) mass is 458 g/mol. The Kier molecular flexibility index (Phi) is 8.27. The van der Waals surface area contributed by atoms with Gasteiger partial charge in [0.2, 0.25) is 11.7 Å². The molecule has 0 radical (unpaired) electrons. The molecule has 7 nitrogen and oxygen atoms in total. The van der Waals surface area contributed by atoms with E-state index in [4.69, 9.17) is 14.2 Å². The number of nitrogens with one attached hydrogen (secondary N) is 1. The first kappa shape index (κ1) is 23.8.